The maximum atomic E-state index is 12.7. The van der Waals surface area contributed by atoms with Gasteiger partial charge in [0.1, 0.15) is 5.82 Å². The first-order valence-corrected chi connectivity index (χ1v) is 4.17. The van der Waals surface area contributed by atoms with Crippen LogP contribution < -0.4 is 5.32 Å². The SMILES string of the molecule is Fc1cc(Cl)cc(NC(=S)Cl)c1. The largest absolute Gasteiger partial charge is 0.337 e. The summed E-state index contributed by atoms with van der Waals surface area (Å²) in [5, 5.41) is 2.86. The second-order valence-electron chi connectivity index (χ2n) is 2.06. The molecule has 0 saturated carbocycles. The predicted molar refractivity (Wildman–Crippen MR) is 53.5 cm³/mol. The highest BCUT2D eigenvalue weighted by Gasteiger charge is 1.99. The van der Waals surface area contributed by atoms with Crippen molar-refractivity contribution in [2.24, 2.45) is 0 Å². The number of thiocarbonyl (C=S) groups is 1. The molecule has 1 N–H and O–H groups in total. The van der Waals surface area contributed by atoms with Crippen LogP contribution in [0.3, 0.4) is 0 Å². The van der Waals surface area contributed by atoms with Crippen molar-refractivity contribution in [2.75, 3.05) is 5.32 Å². The van der Waals surface area contributed by atoms with Crippen LogP contribution in [0.4, 0.5) is 10.1 Å². The molecule has 0 aliphatic heterocycles. The molecule has 0 radical (unpaired) electrons. The summed E-state index contributed by atoms with van der Waals surface area (Å²) in [4.78, 5) is 0. The van der Waals surface area contributed by atoms with Gasteiger partial charge < -0.3 is 5.32 Å². The lowest BCUT2D eigenvalue weighted by Crippen LogP contribution is -2.00. The van der Waals surface area contributed by atoms with Crippen LogP contribution in [-0.4, -0.2) is 4.45 Å². The molecular weight excluding hydrogens is 220 g/mol. The summed E-state index contributed by atoms with van der Waals surface area (Å²) < 4.78 is 12.7. The Hall–Kier alpha value is -0.380. The van der Waals surface area contributed by atoms with Crippen molar-refractivity contribution in [3.05, 3.63) is 29.0 Å². The molecule has 0 saturated heterocycles. The van der Waals surface area contributed by atoms with E-state index >= 15 is 0 Å². The lowest BCUT2D eigenvalue weighted by Gasteiger charge is -2.02. The number of anilines is 1. The lowest BCUT2D eigenvalue weighted by molar-refractivity contribution is 0.628. The molecule has 0 aromatic heterocycles. The van der Waals surface area contributed by atoms with Crippen LogP contribution >= 0.6 is 35.4 Å². The quantitative estimate of drug-likeness (QED) is 0.445. The molecule has 12 heavy (non-hydrogen) atoms. The van der Waals surface area contributed by atoms with Gasteiger partial charge >= 0.3 is 0 Å². The molecule has 0 atom stereocenters. The van der Waals surface area contributed by atoms with Gasteiger partial charge in [-0.2, -0.15) is 0 Å². The van der Waals surface area contributed by atoms with Gasteiger partial charge in [0.2, 0.25) is 0 Å². The first-order valence-electron chi connectivity index (χ1n) is 3.00. The number of hydrogen-bond acceptors (Lipinski definition) is 1. The number of benzene rings is 1. The molecular formula is C7H4Cl2FNS. The summed E-state index contributed by atoms with van der Waals surface area (Å²) in [5.74, 6) is -0.432. The Labute approximate surface area is 84.5 Å². The third-order valence-electron chi connectivity index (χ3n) is 1.11. The fourth-order valence-corrected chi connectivity index (χ4v) is 1.19. The number of rotatable bonds is 1. The molecule has 0 spiro atoms. The Kier molecular flexibility index (Phi) is 3.26. The Bertz CT molecular complexity index is 296. The van der Waals surface area contributed by atoms with Gasteiger partial charge in [0.15, 0.2) is 4.45 Å². The summed E-state index contributed by atoms with van der Waals surface area (Å²) >= 11 is 15.5. The maximum absolute atomic E-state index is 12.7. The molecule has 1 rings (SSSR count). The topological polar surface area (TPSA) is 12.0 Å². The van der Waals surface area contributed by atoms with Gasteiger partial charge in [0.25, 0.3) is 0 Å². The average molecular weight is 224 g/mol. The van der Waals surface area contributed by atoms with E-state index in [0.717, 1.165) is 0 Å². The van der Waals surface area contributed by atoms with Crippen molar-refractivity contribution < 1.29 is 4.39 Å². The van der Waals surface area contributed by atoms with Crippen molar-refractivity contribution in [1.29, 1.82) is 0 Å². The van der Waals surface area contributed by atoms with Crippen molar-refractivity contribution >= 4 is 45.6 Å². The molecule has 0 amide bonds. The van der Waals surface area contributed by atoms with E-state index in [-0.39, 0.29) is 4.45 Å². The standard InChI is InChI=1S/C7H4Cl2FNS/c8-4-1-5(10)3-6(2-4)11-7(9)12/h1-3H,(H,11,12). The van der Waals surface area contributed by atoms with Gasteiger partial charge in [-0.05, 0) is 30.4 Å². The van der Waals surface area contributed by atoms with Crippen LogP contribution in [0.1, 0.15) is 0 Å². The third-order valence-corrected chi connectivity index (χ3v) is 1.52. The van der Waals surface area contributed by atoms with Crippen LogP contribution in [-0.2, 0) is 0 Å². The molecule has 5 heteroatoms. The van der Waals surface area contributed by atoms with Gasteiger partial charge in [-0.25, -0.2) is 4.39 Å². The van der Waals surface area contributed by atoms with Crippen LogP contribution in [0.25, 0.3) is 0 Å². The van der Waals surface area contributed by atoms with E-state index in [4.69, 9.17) is 23.2 Å². The van der Waals surface area contributed by atoms with Crippen LogP contribution in [0.2, 0.25) is 5.02 Å². The van der Waals surface area contributed by atoms with Crippen LogP contribution in [0, 0.1) is 5.82 Å². The Morgan fingerprint density at radius 1 is 1.42 bits per heavy atom. The Morgan fingerprint density at radius 2 is 2.08 bits per heavy atom. The normalized spacial score (nSPS) is 9.58. The van der Waals surface area contributed by atoms with E-state index in [1.54, 1.807) is 0 Å². The van der Waals surface area contributed by atoms with E-state index in [2.05, 4.69) is 17.5 Å². The van der Waals surface area contributed by atoms with Gasteiger partial charge in [-0.3, -0.25) is 0 Å². The second-order valence-corrected chi connectivity index (χ2v) is 3.50. The highest BCUT2D eigenvalue weighted by molar-refractivity contribution is 7.83. The zero-order chi connectivity index (χ0) is 9.14. The van der Waals surface area contributed by atoms with Crippen molar-refractivity contribution in [1.82, 2.24) is 0 Å². The van der Waals surface area contributed by atoms with Gasteiger partial charge in [0.05, 0.1) is 0 Å². The highest BCUT2D eigenvalue weighted by Crippen LogP contribution is 2.18. The third kappa shape index (κ3) is 2.93. The average Bonchev–Trinajstić information content (AvgIpc) is 1.81. The molecule has 64 valence electrons. The Morgan fingerprint density at radius 3 is 2.58 bits per heavy atom. The van der Waals surface area contributed by atoms with Crippen molar-refractivity contribution in [3.8, 4) is 0 Å². The van der Waals surface area contributed by atoms with Gasteiger partial charge in [-0.1, -0.05) is 23.2 Å². The van der Waals surface area contributed by atoms with E-state index in [0.29, 0.717) is 10.7 Å². The predicted octanol–water partition coefficient (Wildman–Crippen LogP) is 3.41. The molecule has 0 fully saturated rings. The smallest absolute Gasteiger partial charge is 0.171 e. The van der Waals surface area contributed by atoms with Gasteiger partial charge in [-0.15, -0.1) is 0 Å². The number of nitrogens with one attached hydrogen (secondary N) is 1. The molecule has 0 heterocycles. The van der Waals surface area contributed by atoms with Crippen molar-refractivity contribution in [2.45, 2.75) is 0 Å². The molecule has 0 aliphatic rings. The zero-order valence-corrected chi connectivity index (χ0v) is 8.10. The maximum Gasteiger partial charge on any atom is 0.171 e. The fraction of sp³-hybridized carbons (Fsp3) is 0. The molecule has 1 nitrogen and oxygen atoms in total. The number of halogens is 3. The molecule has 0 unspecified atom stereocenters. The minimum Gasteiger partial charge on any atom is -0.337 e. The minimum atomic E-state index is -0.432. The molecule has 1 aromatic carbocycles. The van der Waals surface area contributed by atoms with E-state index in [1.165, 1.54) is 18.2 Å². The minimum absolute atomic E-state index is 0.0525. The first kappa shape index (κ1) is 9.71. The molecule has 1 aromatic rings. The first-order chi connectivity index (χ1) is 5.58. The van der Waals surface area contributed by atoms with Crippen LogP contribution in [0.15, 0.2) is 18.2 Å². The second kappa shape index (κ2) is 4.03. The van der Waals surface area contributed by atoms with Gasteiger partial charge in [0, 0.05) is 10.7 Å². The zero-order valence-electron chi connectivity index (χ0n) is 5.77. The monoisotopic (exact) mass is 223 g/mol. The molecule has 0 aliphatic carbocycles. The summed E-state index contributed by atoms with van der Waals surface area (Å²) in [6.07, 6.45) is 0. The van der Waals surface area contributed by atoms with E-state index < -0.39 is 5.82 Å². The fourth-order valence-electron chi connectivity index (χ4n) is 0.739. The molecule has 0 bridgehead atoms. The van der Waals surface area contributed by atoms with E-state index in [9.17, 15) is 4.39 Å². The highest BCUT2D eigenvalue weighted by atomic mass is 35.5. The van der Waals surface area contributed by atoms with E-state index in [1.807, 2.05) is 0 Å². The summed E-state index contributed by atoms with van der Waals surface area (Å²) in [7, 11) is 0. The van der Waals surface area contributed by atoms with Crippen molar-refractivity contribution in [3.63, 3.8) is 0 Å². The van der Waals surface area contributed by atoms with Crippen LogP contribution in [0.5, 0.6) is 0 Å². The summed E-state index contributed by atoms with van der Waals surface area (Å²) in [6.45, 7) is 0. The lowest BCUT2D eigenvalue weighted by atomic mass is 10.3. The Balaban J connectivity index is 2.93. The summed E-state index contributed by atoms with van der Waals surface area (Å²) in [5.41, 5.74) is 0.444. The number of hydrogen-bond donors (Lipinski definition) is 1. The summed E-state index contributed by atoms with van der Waals surface area (Å²) in [6, 6.07) is 3.98.